The van der Waals surface area contributed by atoms with E-state index in [4.69, 9.17) is 21.3 Å². The number of ether oxygens (including phenoxy) is 1. The molecule has 3 heterocycles. The van der Waals surface area contributed by atoms with Crippen LogP contribution in [-0.4, -0.2) is 73.5 Å². The van der Waals surface area contributed by atoms with E-state index in [-0.39, 0.29) is 19.1 Å². The molecular formula is C29H31ClF3N5O3. The number of rotatable bonds is 4. The Morgan fingerprint density at radius 1 is 1.12 bits per heavy atom. The van der Waals surface area contributed by atoms with Crippen molar-refractivity contribution in [2.45, 2.75) is 44.2 Å². The molecule has 218 valence electrons. The quantitative estimate of drug-likeness (QED) is 0.438. The van der Waals surface area contributed by atoms with Gasteiger partial charge in [-0.1, -0.05) is 23.7 Å². The second-order valence-corrected chi connectivity index (χ2v) is 11.5. The zero-order chi connectivity index (χ0) is 29.7. The number of aliphatic hydroxyl groups is 1. The van der Waals surface area contributed by atoms with E-state index in [1.807, 2.05) is 37.4 Å². The third-order valence-corrected chi connectivity index (χ3v) is 8.07. The topological polar surface area (TPSA) is 83.7 Å². The molecule has 2 aliphatic rings. The largest absolute Gasteiger partial charge is 0.434 e. The van der Waals surface area contributed by atoms with Crippen LogP contribution in [0.1, 0.15) is 54.9 Å². The Morgan fingerprint density at radius 2 is 1.83 bits per heavy atom. The van der Waals surface area contributed by atoms with Crippen LogP contribution in [-0.2, 0) is 17.4 Å². The highest BCUT2D eigenvalue weighted by atomic mass is 35.5. The first-order valence-corrected chi connectivity index (χ1v) is 13.5. The van der Waals surface area contributed by atoms with Gasteiger partial charge in [-0.15, -0.1) is 0 Å². The van der Waals surface area contributed by atoms with Gasteiger partial charge in [0.25, 0.3) is 0 Å². The predicted octanol–water partition coefficient (Wildman–Crippen LogP) is 5.41. The van der Waals surface area contributed by atoms with E-state index in [9.17, 15) is 23.1 Å². The fraction of sp³-hybridized carbons (Fsp3) is 0.414. The molecule has 5 rings (SSSR count). The Morgan fingerprint density at radius 3 is 2.46 bits per heavy atom. The van der Waals surface area contributed by atoms with Crippen LogP contribution >= 0.6 is 11.6 Å². The van der Waals surface area contributed by atoms with Gasteiger partial charge in [0.2, 0.25) is 5.60 Å². The number of aromatic nitrogens is 3. The van der Waals surface area contributed by atoms with E-state index in [0.717, 1.165) is 36.2 Å². The zero-order valence-corrected chi connectivity index (χ0v) is 23.9. The molecule has 12 heteroatoms. The van der Waals surface area contributed by atoms with Crippen molar-refractivity contribution in [2.75, 3.05) is 26.2 Å². The highest BCUT2D eigenvalue weighted by Crippen LogP contribution is 2.46. The van der Waals surface area contributed by atoms with Crippen LogP contribution in [0.25, 0.3) is 11.6 Å². The Bertz CT molecular complexity index is 1490. The summed E-state index contributed by atoms with van der Waals surface area (Å²) in [5.74, 6) is 0. The van der Waals surface area contributed by atoms with Crippen LogP contribution in [0.2, 0.25) is 5.02 Å². The molecule has 0 unspecified atom stereocenters. The fourth-order valence-corrected chi connectivity index (χ4v) is 5.57. The number of carbonyl (C=O) groups excluding carboxylic acids is 1. The molecule has 1 saturated heterocycles. The van der Waals surface area contributed by atoms with E-state index < -0.39 is 23.5 Å². The van der Waals surface area contributed by atoms with Crippen LogP contribution in [0.5, 0.6) is 0 Å². The monoisotopic (exact) mass is 589 g/mol. The van der Waals surface area contributed by atoms with Crippen molar-refractivity contribution in [3.8, 4) is 0 Å². The molecule has 2 aromatic heterocycles. The summed E-state index contributed by atoms with van der Waals surface area (Å²) in [5.41, 5.74) is 0.309. The molecule has 0 radical (unpaired) electrons. The summed E-state index contributed by atoms with van der Waals surface area (Å²) in [5, 5.41) is 12.5. The maximum Gasteiger partial charge on any atom is 0.427 e. The molecule has 3 aromatic rings. The van der Waals surface area contributed by atoms with E-state index >= 15 is 0 Å². The molecule has 1 amide bonds. The first-order chi connectivity index (χ1) is 19.2. The first kappa shape index (κ1) is 29.1. The Kier molecular flexibility index (Phi) is 7.42. The number of fused-ring (bicyclic) bond motifs is 2. The summed E-state index contributed by atoms with van der Waals surface area (Å²) < 4.78 is 46.5. The molecule has 0 saturated carbocycles. The molecule has 1 aliphatic heterocycles. The molecule has 8 nitrogen and oxygen atoms in total. The van der Waals surface area contributed by atoms with Crippen molar-refractivity contribution in [3.63, 3.8) is 0 Å². The third kappa shape index (κ3) is 5.33. The summed E-state index contributed by atoms with van der Waals surface area (Å²) in [6.07, 6.45) is 1.17. The van der Waals surface area contributed by atoms with Gasteiger partial charge in [-0.3, -0.25) is 9.88 Å². The fourth-order valence-electron chi connectivity index (χ4n) is 5.40. The van der Waals surface area contributed by atoms with Crippen molar-refractivity contribution in [1.29, 1.82) is 0 Å². The molecule has 1 fully saturated rings. The third-order valence-electron chi connectivity index (χ3n) is 7.83. The number of carbonyl (C=O) groups is 1. The minimum absolute atomic E-state index is 0.168. The van der Waals surface area contributed by atoms with Crippen LogP contribution in [0.4, 0.5) is 18.0 Å². The number of alkyl halides is 3. The number of pyridine rings is 1. The van der Waals surface area contributed by atoms with Gasteiger partial charge >= 0.3 is 12.3 Å². The van der Waals surface area contributed by atoms with Gasteiger partial charge in [-0.2, -0.15) is 13.2 Å². The number of benzene rings is 1. The molecule has 1 N–H and O–H groups in total. The Balaban J connectivity index is 1.51. The summed E-state index contributed by atoms with van der Waals surface area (Å²) in [6, 6.07) is 8.88. The molecular weight excluding hydrogens is 559 g/mol. The minimum Gasteiger partial charge on any atom is -0.434 e. The zero-order valence-electron chi connectivity index (χ0n) is 23.1. The number of piperazine rings is 1. The van der Waals surface area contributed by atoms with Gasteiger partial charge < -0.3 is 19.3 Å². The second kappa shape index (κ2) is 10.5. The lowest BCUT2D eigenvalue weighted by Gasteiger charge is -2.40. The summed E-state index contributed by atoms with van der Waals surface area (Å²) >= 11 is 6.49. The highest BCUT2D eigenvalue weighted by molar-refractivity contribution is 6.30. The van der Waals surface area contributed by atoms with Crippen LogP contribution in [0, 0.1) is 0 Å². The normalized spacial score (nSPS) is 19.5. The molecule has 0 spiro atoms. The van der Waals surface area contributed by atoms with Crippen molar-refractivity contribution in [3.05, 3.63) is 82.2 Å². The second-order valence-electron chi connectivity index (χ2n) is 11.0. The Hall–Kier alpha value is -3.41. The van der Waals surface area contributed by atoms with Gasteiger partial charge in [0.1, 0.15) is 5.60 Å². The van der Waals surface area contributed by atoms with Gasteiger partial charge in [0, 0.05) is 44.4 Å². The number of nitrogens with zero attached hydrogens (tertiary/aromatic N) is 5. The maximum absolute atomic E-state index is 13.3. The lowest BCUT2D eigenvalue weighted by molar-refractivity contribution is -0.246. The van der Waals surface area contributed by atoms with Crippen molar-refractivity contribution in [2.24, 2.45) is 7.05 Å². The van der Waals surface area contributed by atoms with E-state index in [0.29, 0.717) is 29.4 Å². The van der Waals surface area contributed by atoms with Crippen LogP contribution in [0.3, 0.4) is 0 Å². The van der Waals surface area contributed by atoms with Crippen molar-refractivity contribution < 1.29 is 27.8 Å². The summed E-state index contributed by atoms with van der Waals surface area (Å²) in [7, 11) is 1.81. The van der Waals surface area contributed by atoms with Crippen LogP contribution in [0.15, 0.2) is 49.1 Å². The highest BCUT2D eigenvalue weighted by Gasteiger charge is 2.51. The predicted molar refractivity (Wildman–Crippen MR) is 148 cm³/mol. The van der Waals surface area contributed by atoms with Gasteiger partial charge in [-0.05, 0) is 67.3 Å². The molecule has 2 atom stereocenters. The number of amides is 1. The Labute approximate surface area is 241 Å². The summed E-state index contributed by atoms with van der Waals surface area (Å²) in [4.78, 5) is 25.0. The summed E-state index contributed by atoms with van der Waals surface area (Å²) in [6.45, 7) is 4.44. The van der Waals surface area contributed by atoms with Gasteiger partial charge in [-0.25, -0.2) is 9.78 Å². The average molecular weight is 590 g/mol. The standard InChI is InChI=1S/C29H31ClF3N5O3/c1-27(2,29(31,32)33)41-26(39)38-12-10-37(11-13-38)25-20-8-7-19(30)15-21(20)22(14-18-6-5-9-35-24(18)25)28(3,40)23-16-34-17-36(23)4/h5-9,14-17,25,40H,10-13H2,1-4H3/t25-,28-/m0/s1. The molecule has 1 aliphatic carbocycles. The van der Waals surface area contributed by atoms with E-state index in [2.05, 4.69) is 9.88 Å². The lowest BCUT2D eigenvalue weighted by Crippen LogP contribution is -2.53. The first-order valence-electron chi connectivity index (χ1n) is 13.2. The molecule has 0 bridgehead atoms. The SMILES string of the molecule is Cn1cncc1[C@@](C)(O)C1=Cc2cccnc2[C@@H](N2CCN(C(=O)OC(C)(C)C(F)(F)F)CC2)c2ccc(Cl)cc21. The minimum atomic E-state index is -4.69. The van der Waals surface area contributed by atoms with Crippen LogP contribution < -0.4 is 0 Å². The smallest absolute Gasteiger partial charge is 0.427 e. The molecule has 1 aromatic carbocycles. The van der Waals surface area contributed by atoms with E-state index in [1.165, 1.54) is 4.90 Å². The number of aryl methyl sites for hydroxylation is 1. The van der Waals surface area contributed by atoms with Gasteiger partial charge in [0.15, 0.2) is 0 Å². The van der Waals surface area contributed by atoms with Gasteiger partial charge in [0.05, 0.1) is 30.0 Å². The van der Waals surface area contributed by atoms with E-state index in [1.54, 1.807) is 36.3 Å². The number of hydrogen-bond acceptors (Lipinski definition) is 6. The average Bonchev–Trinajstić information content (AvgIpc) is 3.29. The molecule has 41 heavy (non-hydrogen) atoms. The number of hydrogen-bond donors (Lipinski definition) is 1. The van der Waals surface area contributed by atoms with Crippen molar-refractivity contribution in [1.82, 2.24) is 24.3 Å². The van der Waals surface area contributed by atoms with Crippen molar-refractivity contribution >= 4 is 29.3 Å². The number of imidazole rings is 1. The number of halogens is 4. The lowest BCUT2D eigenvalue weighted by atomic mass is 9.84. The maximum atomic E-state index is 13.3.